The van der Waals surface area contributed by atoms with Crippen LogP contribution in [0.15, 0.2) is 58.4 Å². The fraction of sp³-hybridized carbons (Fsp3) is 0.211. The average molecular weight is 307 g/mol. The van der Waals surface area contributed by atoms with Crippen LogP contribution < -0.4 is 0 Å². The maximum atomic E-state index is 13.0. The van der Waals surface area contributed by atoms with Crippen LogP contribution in [0, 0.1) is 5.92 Å². The molecule has 3 heteroatoms. The topological polar surface area (TPSA) is 35.4 Å². The summed E-state index contributed by atoms with van der Waals surface area (Å²) in [4.78, 5) is 5.45. The molecule has 2 unspecified atom stereocenters. The van der Waals surface area contributed by atoms with Crippen LogP contribution in [0.5, 0.6) is 0 Å². The minimum absolute atomic E-state index is 0.00966. The molecule has 4 rings (SSSR count). The summed E-state index contributed by atoms with van der Waals surface area (Å²) in [7, 11) is 0. The van der Waals surface area contributed by atoms with E-state index in [0.29, 0.717) is 5.92 Å². The number of aliphatic imine (C=N–C) groups is 1. The Morgan fingerprint density at radius 2 is 1.73 bits per heavy atom. The van der Waals surface area contributed by atoms with Gasteiger partial charge in [-0.25, -0.2) is 0 Å². The van der Waals surface area contributed by atoms with Crippen LogP contribution in [0.1, 0.15) is 13.8 Å². The molecule has 110 valence electrons. The van der Waals surface area contributed by atoms with Crippen molar-refractivity contribution in [1.82, 2.24) is 0 Å². The highest BCUT2D eigenvalue weighted by atomic mass is 32.2. The highest BCUT2D eigenvalue weighted by Gasteiger charge is 2.33. The molecular weight excluding hydrogens is 290 g/mol. The zero-order valence-electron chi connectivity index (χ0n) is 12.6. The summed E-state index contributed by atoms with van der Waals surface area (Å²) in [6.07, 6.45) is 1.86. The summed E-state index contributed by atoms with van der Waals surface area (Å²) in [5.41, 5.74) is 0.845. The molecule has 0 N–H and O–H groups in total. The number of fused-ring (bicyclic) bond motifs is 4. The van der Waals surface area contributed by atoms with E-state index >= 15 is 0 Å². The molecule has 0 saturated carbocycles. The summed E-state index contributed by atoms with van der Waals surface area (Å²) in [5.74, 6) is 0.313. The van der Waals surface area contributed by atoms with E-state index in [-0.39, 0.29) is 5.25 Å². The third-order valence-electron chi connectivity index (χ3n) is 4.28. The highest BCUT2D eigenvalue weighted by Crippen LogP contribution is 2.39. The standard InChI is InChI=1S/C19H17NOS/c1-12(2)18-11-20-17-8-7-15-9-13-5-3-4-6-14(13)10-16(15)19(17)22(18)21/h3-12,18H,1-2H3. The molecule has 0 saturated heterocycles. The highest BCUT2D eigenvalue weighted by molar-refractivity contribution is 7.93. The van der Waals surface area contributed by atoms with Gasteiger partial charge in [0, 0.05) is 11.3 Å². The lowest BCUT2D eigenvalue weighted by atomic mass is 10.0. The number of hydrogen-bond acceptors (Lipinski definition) is 2. The Balaban J connectivity index is 2.03. The first kappa shape index (κ1) is 13.8. The second kappa shape index (κ2) is 5.11. The van der Waals surface area contributed by atoms with Crippen LogP contribution >= 0.6 is 0 Å². The second-order valence-electron chi connectivity index (χ2n) is 6.12. The summed E-state index contributed by atoms with van der Waals surface area (Å²) in [5, 5.41) is 4.57. The Kier molecular flexibility index (Phi) is 3.21. The first-order valence-corrected chi connectivity index (χ1v) is 8.77. The van der Waals surface area contributed by atoms with Crippen LogP contribution in [-0.4, -0.2) is 16.0 Å². The molecule has 0 aliphatic carbocycles. The monoisotopic (exact) mass is 307 g/mol. The summed E-state index contributed by atoms with van der Waals surface area (Å²) < 4.78 is 13.0. The van der Waals surface area contributed by atoms with E-state index in [1.165, 1.54) is 10.8 Å². The van der Waals surface area contributed by atoms with Crippen molar-refractivity contribution in [3.05, 3.63) is 48.5 Å². The van der Waals surface area contributed by atoms with E-state index in [4.69, 9.17) is 0 Å². The van der Waals surface area contributed by atoms with Crippen LogP contribution in [-0.2, 0) is 11.2 Å². The van der Waals surface area contributed by atoms with Gasteiger partial charge in [-0.2, -0.15) is 0 Å². The molecule has 0 spiro atoms. The van der Waals surface area contributed by atoms with E-state index in [0.717, 1.165) is 21.4 Å². The van der Waals surface area contributed by atoms with Gasteiger partial charge in [0.15, 0.2) is 10.1 Å². The second-order valence-corrected chi connectivity index (χ2v) is 7.67. The van der Waals surface area contributed by atoms with Gasteiger partial charge in [0.05, 0.1) is 6.21 Å². The molecule has 22 heavy (non-hydrogen) atoms. The Morgan fingerprint density at radius 1 is 1.00 bits per heavy atom. The molecule has 2 atom stereocenters. The van der Waals surface area contributed by atoms with Crippen molar-refractivity contribution < 1.29 is 4.55 Å². The molecule has 2 nitrogen and oxygen atoms in total. The van der Waals surface area contributed by atoms with Gasteiger partial charge in [0.1, 0.15) is 5.69 Å². The van der Waals surface area contributed by atoms with Crippen molar-refractivity contribution >= 4 is 44.6 Å². The number of hydrogen-bond donors (Lipinski definition) is 0. The number of nitrogens with zero attached hydrogens (tertiary/aromatic N) is 1. The van der Waals surface area contributed by atoms with Gasteiger partial charge in [-0.1, -0.05) is 44.2 Å². The largest absolute Gasteiger partial charge is 0.611 e. The molecule has 3 aromatic rings. The maximum absolute atomic E-state index is 13.0. The van der Waals surface area contributed by atoms with E-state index in [1.807, 2.05) is 24.4 Å². The number of rotatable bonds is 1. The molecule has 0 radical (unpaired) electrons. The van der Waals surface area contributed by atoms with Gasteiger partial charge in [0.25, 0.3) is 0 Å². The predicted molar refractivity (Wildman–Crippen MR) is 94.6 cm³/mol. The molecule has 0 amide bonds. The molecule has 1 aliphatic rings. The molecule has 1 heterocycles. The lowest BCUT2D eigenvalue weighted by molar-refractivity contribution is 0.568. The molecule has 0 bridgehead atoms. The Hall–Kier alpha value is -1.84. The van der Waals surface area contributed by atoms with Crippen molar-refractivity contribution in [3.8, 4) is 0 Å². The predicted octanol–water partition coefficient (Wildman–Crippen LogP) is 4.84. The van der Waals surface area contributed by atoms with Gasteiger partial charge in [-0.05, 0) is 45.5 Å². The van der Waals surface area contributed by atoms with Crippen LogP contribution in [0.2, 0.25) is 0 Å². The average Bonchev–Trinajstić information content (AvgIpc) is 2.52. The van der Waals surface area contributed by atoms with E-state index < -0.39 is 11.2 Å². The molecule has 1 aliphatic heterocycles. The van der Waals surface area contributed by atoms with Crippen molar-refractivity contribution in [2.75, 3.05) is 0 Å². The van der Waals surface area contributed by atoms with Crippen LogP contribution in [0.25, 0.3) is 21.5 Å². The zero-order chi connectivity index (χ0) is 15.3. The van der Waals surface area contributed by atoms with E-state index in [1.54, 1.807) is 0 Å². The van der Waals surface area contributed by atoms with Crippen molar-refractivity contribution in [2.45, 2.75) is 24.0 Å². The van der Waals surface area contributed by atoms with Gasteiger partial charge >= 0.3 is 0 Å². The van der Waals surface area contributed by atoms with Gasteiger partial charge in [-0.15, -0.1) is 0 Å². The first-order valence-electron chi connectivity index (χ1n) is 7.55. The number of benzene rings is 3. The maximum Gasteiger partial charge on any atom is 0.186 e. The first-order chi connectivity index (χ1) is 10.6. The van der Waals surface area contributed by atoms with Gasteiger partial charge in [-0.3, -0.25) is 4.99 Å². The van der Waals surface area contributed by atoms with E-state index in [2.05, 4.69) is 49.2 Å². The third kappa shape index (κ3) is 2.04. The van der Waals surface area contributed by atoms with Crippen molar-refractivity contribution in [3.63, 3.8) is 0 Å². The van der Waals surface area contributed by atoms with Crippen LogP contribution in [0.3, 0.4) is 0 Å². The lowest BCUT2D eigenvalue weighted by Gasteiger charge is -2.26. The molecule has 0 aromatic heterocycles. The smallest absolute Gasteiger partial charge is 0.186 e. The SMILES string of the molecule is CC(C)C1C=Nc2ccc3cc4ccccc4cc3c2[S+]1[O-]. The lowest BCUT2D eigenvalue weighted by Crippen LogP contribution is -2.30. The summed E-state index contributed by atoms with van der Waals surface area (Å²) in [6, 6.07) is 16.7. The summed E-state index contributed by atoms with van der Waals surface area (Å²) in [6.45, 7) is 4.19. The van der Waals surface area contributed by atoms with Gasteiger partial charge < -0.3 is 4.55 Å². The minimum Gasteiger partial charge on any atom is -0.611 e. The fourth-order valence-corrected chi connectivity index (χ4v) is 4.71. The molecule has 0 fully saturated rings. The normalized spacial score (nSPS) is 20.7. The Labute approximate surface area is 133 Å². The van der Waals surface area contributed by atoms with Gasteiger partial charge in [0.2, 0.25) is 0 Å². The zero-order valence-corrected chi connectivity index (χ0v) is 13.4. The van der Waals surface area contributed by atoms with Crippen molar-refractivity contribution in [1.29, 1.82) is 0 Å². The molecule has 3 aromatic carbocycles. The van der Waals surface area contributed by atoms with E-state index in [9.17, 15) is 4.55 Å². The summed E-state index contributed by atoms with van der Waals surface area (Å²) >= 11 is -1.05. The van der Waals surface area contributed by atoms with Crippen molar-refractivity contribution in [2.24, 2.45) is 10.9 Å². The minimum atomic E-state index is -1.05. The fourth-order valence-electron chi connectivity index (χ4n) is 3.05. The Bertz CT molecular complexity index is 900. The molecular formula is C19H17NOS. The third-order valence-corrected chi connectivity index (χ3v) is 6.27. The van der Waals surface area contributed by atoms with Crippen LogP contribution in [0.4, 0.5) is 5.69 Å². The quantitative estimate of drug-likeness (QED) is 0.468. The Morgan fingerprint density at radius 3 is 2.45 bits per heavy atom.